The summed E-state index contributed by atoms with van der Waals surface area (Å²) >= 11 is 2.69. The summed E-state index contributed by atoms with van der Waals surface area (Å²) in [6, 6.07) is 0. The summed E-state index contributed by atoms with van der Waals surface area (Å²) < 4.78 is 0.186. The molecule has 0 spiro atoms. The molecule has 1 nitrogen and oxygen atoms in total. The molecule has 0 aliphatic rings. The zero-order chi connectivity index (χ0) is 13.3. The van der Waals surface area contributed by atoms with Crippen molar-refractivity contribution >= 4 is 28.0 Å². The van der Waals surface area contributed by atoms with E-state index < -0.39 is 0 Å². The van der Waals surface area contributed by atoms with Crippen molar-refractivity contribution in [1.82, 2.24) is 0 Å². The van der Waals surface area contributed by atoms with E-state index in [1.807, 2.05) is 12.3 Å². The summed E-state index contributed by atoms with van der Waals surface area (Å²) in [5, 5.41) is 0.261. The standard InChI is InChI=1S/C14H24OS2/c1-6-13(17-14(15)16-5)10-12(4)9-7-8-11(2)3/h6,8,12-13H,1,7,9-10H2,2-5H3. The predicted octanol–water partition coefficient (Wildman–Crippen LogP) is 5.53. The molecule has 98 valence electrons. The zero-order valence-corrected chi connectivity index (χ0v) is 13.0. The lowest BCUT2D eigenvalue weighted by Crippen LogP contribution is -2.07. The molecule has 0 N–H and O–H groups in total. The topological polar surface area (TPSA) is 17.1 Å². The van der Waals surface area contributed by atoms with Crippen LogP contribution < -0.4 is 0 Å². The quantitative estimate of drug-likeness (QED) is 0.567. The lowest BCUT2D eigenvalue weighted by molar-refractivity contribution is 0.276. The first-order valence-electron chi connectivity index (χ1n) is 6.00. The maximum atomic E-state index is 11.3. The fourth-order valence-electron chi connectivity index (χ4n) is 1.54. The van der Waals surface area contributed by atoms with Crippen LogP contribution in [-0.4, -0.2) is 16.0 Å². The molecule has 17 heavy (non-hydrogen) atoms. The number of allylic oxidation sites excluding steroid dienone is 2. The summed E-state index contributed by atoms with van der Waals surface area (Å²) in [4.78, 5) is 11.3. The van der Waals surface area contributed by atoms with Crippen LogP contribution >= 0.6 is 23.5 Å². The van der Waals surface area contributed by atoms with Crippen molar-refractivity contribution in [3.8, 4) is 0 Å². The Morgan fingerprint density at radius 2 is 2.06 bits per heavy atom. The van der Waals surface area contributed by atoms with Crippen LogP contribution in [0.1, 0.15) is 40.0 Å². The minimum absolute atomic E-state index is 0.186. The van der Waals surface area contributed by atoms with Crippen molar-refractivity contribution in [3.63, 3.8) is 0 Å². The van der Waals surface area contributed by atoms with E-state index in [9.17, 15) is 4.79 Å². The van der Waals surface area contributed by atoms with Gasteiger partial charge in [-0.3, -0.25) is 4.79 Å². The molecule has 0 aliphatic heterocycles. The van der Waals surface area contributed by atoms with Crippen LogP contribution in [0.25, 0.3) is 0 Å². The maximum Gasteiger partial charge on any atom is 0.246 e. The highest BCUT2D eigenvalue weighted by molar-refractivity contribution is 8.38. The number of rotatable bonds is 7. The van der Waals surface area contributed by atoms with Crippen molar-refractivity contribution in [2.24, 2.45) is 5.92 Å². The Bertz CT molecular complexity index is 267. The van der Waals surface area contributed by atoms with Gasteiger partial charge in [0.15, 0.2) is 0 Å². The van der Waals surface area contributed by atoms with Gasteiger partial charge < -0.3 is 0 Å². The molecule has 0 amide bonds. The molecule has 0 saturated carbocycles. The van der Waals surface area contributed by atoms with E-state index >= 15 is 0 Å². The molecule has 0 fully saturated rings. The molecule has 3 heteroatoms. The summed E-state index contributed by atoms with van der Waals surface area (Å²) in [5.41, 5.74) is 1.38. The Morgan fingerprint density at radius 3 is 2.53 bits per heavy atom. The molecule has 0 aromatic rings. The van der Waals surface area contributed by atoms with Gasteiger partial charge in [-0.1, -0.05) is 48.2 Å². The molecule has 0 aromatic carbocycles. The van der Waals surface area contributed by atoms with Crippen LogP contribution in [0.5, 0.6) is 0 Å². The normalized spacial score (nSPS) is 13.9. The van der Waals surface area contributed by atoms with Gasteiger partial charge in [0.05, 0.1) is 0 Å². The van der Waals surface area contributed by atoms with Crippen LogP contribution in [0.3, 0.4) is 0 Å². The first-order valence-corrected chi connectivity index (χ1v) is 8.10. The van der Waals surface area contributed by atoms with Crippen LogP contribution in [-0.2, 0) is 0 Å². The van der Waals surface area contributed by atoms with E-state index in [4.69, 9.17) is 0 Å². The molecule has 0 aromatic heterocycles. The average molecular weight is 272 g/mol. The highest BCUT2D eigenvalue weighted by Gasteiger charge is 2.14. The van der Waals surface area contributed by atoms with Gasteiger partial charge in [-0.15, -0.1) is 6.58 Å². The van der Waals surface area contributed by atoms with Crippen molar-refractivity contribution in [3.05, 3.63) is 24.3 Å². The molecule has 0 rings (SSSR count). The van der Waals surface area contributed by atoms with Gasteiger partial charge in [0.2, 0.25) is 4.45 Å². The number of hydrogen-bond acceptors (Lipinski definition) is 3. The van der Waals surface area contributed by atoms with Crippen molar-refractivity contribution in [2.75, 3.05) is 6.26 Å². The van der Waals surface area contributed by atoms with E-state index in [0.717, 1.165) is 12.8 Å². The fourth-order valence-corrected chi connectivity index (χ4v) is 3.06. The van der Waals surface area contributed by atoms with Crippen LogP contribution in [0.15, 0.2) is 24.3 Å². The fraction of sp³-hybridized carbons (Fsp3) is 0.643. The second-order valence-electron chi connectivity index (χ2n) is 4.55. The molecule has 0 heterocycles. The van der Waals surface area contributed by atoms with Gasteiger partial charge in [0.1, 0.15) is 0 Å². The molecule has 0 aliphatic carbocycles. The minimum Gasteiger partial charge on any atom is -0.274 e. The Kier molecular flexibility index (Phi) is 9.75. The van der Waals surface area contributed by atoms with Gasteiger partial charge in [-0.05, 0) is 45.3 Å². The minimum atomic E-state index is 0.186. The first kappa shape index (κ1) is 16.9. The second kappa shape index (κ2) is 9.84. The summed E-state index contributed by atoms with van der Waals surface area (Å²) in [6.45, 7) is 10.3. The smallest absolute Gasteiger partial charge is 0.246 e. The Balaban J connectivity index is 3.97. The molecular formula is C14H24OS2. The summed E-state index contributed by atoms with van der Waals surface area (Å²) in [7, 11) is 0. The third-order valence-corrected chi connectivity index (χ3v) is 4.53. The summed E-state index contributed by atoms with van der Waals surface area (Å²) in [5.74, 6) is 0.635. The van der Waals surface area contributed by atoms with Crippen LogP contribution in [0, 0.1) is 5.92 Å². The van der Waals surface area contributed by atoms with Gasteiger partial charge >= 0.3 is 0 Å². The SMILES string of the molecule is C=CC(CC(C)CCC=C(C)C)SC(=O)SC. The Morgan fingerprint density at radius 1 is 1.41 bits per heavy atom. The van der Waals surface area contributed by atoms with Gasteiger partial charge in [0, 0.05) is 5.25 Å². The number of carbonyl (C=O) groups is 1. The lowest BCUT2D eigenvalue weighted by Gasteiger charge is -2.15. The molecular weight excluding hydrogens is 248 g/mol. The average Bonchev–Trinajstić information content (AvgIpc) is 2.27. The van der Waals surface area contributed by atoms with Crippen LogP contribution in [0.4, 0.5) is 4.79 Å². The lowest BCUT2D eigenvalue weighted by atomic mass is 9.99. The van der Waals surface area contributed by atoms with Crippen molar-refractivity contribution in [2.45, 2.75) is 45.3 Å². The molecule has 0 bridgehead atoms. The predicted molar refractivity (Wildman–Crippen MR) is 82.9 cm³/mol. The number of hydrogen-bond donors (Lipinski definition) is 0. The maximum absolute atomic E-state index is 11.3. The van der Waals surface area contributed by atoms with Gasteiger partial charge in [0.25, 0.3) is 0 Å². The number of carbonyl (C=O) groups excluding carboxylic acids is 1. The molecule has 0 saturated heterocycles. The second-order valence-corrected chi connectivity index (χ2v) is 6.80. The highest BCUT2D eigenvalue weighted by Crippen LogP contribution is 2.27. The van der Waals surface area contributed by atoms with Crippen molar-refractivity contribution < 1.29 is 4.79 Å². The van der Waals surface area contributed by atoms with Gasteiger partial charge in [-0.25, -0.2) is 0 Å². The Hall–Kier alpha value is -0.150. The van der Waals surface area contributed by atoms with Gasteiger partial charge in [-0.2, -0.15) is 0 Å². The third kappa shape index (κ3) is 9.54. The van der Waals surface area contributed by atoms with E-state index in [1.165, 1.54) is 35.5 Å². The first-order chi connectivity index (χ1) is 7.99. The zero-order valence-electron chi connectivity index (χ0n) is 11.4. The van der Waals surface area contributed by atoms with E-state index in [0.29, 0.717) is 5.92 Å². The van der Waals surface area contributed by atoms with E-state index in [-0.39, 0.29) is 9.70 Å². The number of thioether (sulfide) groups is 2. The third-order valence-electron chi connectivity index (χ3n) is 2.52. The Labute approximate surface area is 115 Å². The molecule has 0 radical (unpaired) electrons. The van der Waals surface area contributed by atoms with Crippen LogP contribution in [0.2, 0.25) is 0 Å². The molecule has 2 atom stereocenters. The largest absolute Gasteiger partial charge is 0.274 e. The van der Waals surface area contributed by atoms with E-state index in [2.05, 4.69) is 33.4 Å². The monoisotopic (exact) mass is 272 g/mol. The summed E-state index contributed by atoms with van der Waals surface area (Å²) in [6.07, 6.45) is 9.36. The molecule has 2 unspecified atom stereocenters. The van der Waals surface area contributed by atoms with Crippen molar-refractivity contribution in [1.29, 1.82) is 0 Å². The van der Waals surface area contributed by atoms with E-state index in [1.54, 1.807) is 0 Å². The highest BCUT2D eigenvalue weighted by atomic mass is 32.2.